The van der Waals surface area contributed by atoms with E-state index in [9.17, 15) is 9.59 Å². The number of carbonyl (C=O) groups is 2. The first kappa shape index (κ1) is 20.0. The fourth-order valence-electron chi connectivity index (χ4n) is 5.27. The minimum Gasteiger partial charge on any atom is -0.360 e. The van der Waals surface area contributed by atoms with Gasteiger partial charge in [-0.25, -0.2) is 4.98 Å². The number of carbonyl (C=O) groups excluding carboxylic acids is 2. The molecule has 0 saturated carbocycles. The molecular formula is C24H28N4O3. The monoisotopic (exact) mass is 420 g/mol. The zero-order valence-electron chi connectivity index (χ0n) is 18.4. The average Bonchev–Trinajstić information content (AvgIpc) is 3.46. The van der Waals surface area contributed by atoms with Crippen LogP contribution in [0.3, 0.4) is 0 Å². The molecule has 5 rings (SSSR count). The number of aromatic nitrogens is 2. The van der Waals surface area contributed by atoms with Crippen molar-refractivity contribution in [2.45, 2.75) is 45.6 Å². The Balaban J connectivity index is 1.37. The van der Waals surface area contributed by atoms with Gasteiger partial charge in [-0.15, -0.1) is 0 Å². The Bertz CT molecular complexity index is 1090. The Morgan fingerprint density at radius 1 is 1.35 bits per heavy atom. The minimum atomic E-state index is -0.693. The molecule has 4 atom stereocenters. The quantitative estimate of drug-likeness (QED) is 0.753. The molecule has 31 heavy (non-hydrogen) atoms. The van der Waals surface area contributed by atoms with Gasteiger partial charge >= 0.3 is 0 Å². The molecule has 3 aliphatic rings. The highest BCUT2D eigenvalue weighted by Crippen LogP contribution is 2.52. The highest BCUT2D eigenvalue weighted by atomic mass is 16.5. The van der Waals surface area contributed by atoms with Crippen molar-refractivity contribution in [1.82, 2.24) is 19.8 Å². The zero-order valence-corrected chi connectivity index (χ0v) is 18.4. The van der Waals surface area contributed by atoms with Crippen LogP contribution >= 0.6 is 0 Å². The van der Waals surface area contributed by atoms with E-state index in [0.29, 0.717) is 19.6 Å². The maximum atomic E-state index is 13.5. The molecule has 0 radical (unpaired) electrons. The SMILES string of the molecule is Cc1ccc(C)c(CN2C[C@]34C=C[C@H](O3)C(C(=O)N(C)Cc3ncc(C)[nH]3)C4C2=O)c1. The number of fused-ring (bicyclic) bond motifs is 1. The van der Waals surface area contributed by atoms with Gasteiger partial charge < -0.3 is 19.5 Å². The number of aryl methyl sites for hydroxylation is 3. The van der Waals surface area contributed by atoms with E-state index >= 15 is 0 Å². The summed E-state index contributed by atoms with van der Waals surface area (Å²) in [5.41, 5.74) is 3.73. The predicted octanol–water partition coefficient (Wildman–Crippen LogP) is 2.28. The second-order valence-electron chi connectivity index (χ2n) is 9.23. The van der Waals surface area contributed by atoms with Gasteiger partial charge in [-0.3, -0.25) is 9.59 Å². The molecule has 7 heteroatoms. The maximum Gasteiger partial charge on any atom is 0.230 e. The van der Waals surface area contributed by atoms with Crippen LogP contribution in [0.2, 0.25) is 0 Å². The number of amides is 2. The van der Waals surface area contributed by atoms with E-state index in [2.05, 4.69) is 42.0 Å². The highest BCUT2D eigenvalue weighted by molar-refractivity contribution is 5.93. The lowest BCUT2D eigenvalue weighted by atomic mass is 9.76. The van der Waals surface area contributed by atoms with Crippen molar-refractivity contribution in [3.63, 3.8) is 0 Å². The van der Waals surface area contributed by atoms with Crippen molar-refractivity contribution in [2.75, 3.05) is 13.6 Å². The van der Waals surface area contributed by atoms with Crippen LogP contribution in [-0.2, 0) is 27.4 Å². The molecule has 7 nitrogen and oxygen atoms in total. The van der Waals surface area contributed by atoms with E-state index in [1.54, 1.807) is 18.1 Å². The van der Waals surface area contributed by atoms with Gasteiger partial charge in [-0.2, -0.15) is 0 Å². The smallest absolute Gasteiger partial charge is 0.230 e. The first-order valence-electron chi connectivity index (χ1n) is 10.7. The van der Waals surface area contributed by atoms with Gasteiger partial charge in [0.05, 0.1) is 31.0 Å². The van der Waals surface area contributed by atoms with Crippen LogP contribution in [0.15, 0.2) is 36.5 Å². The third kappa shape index (κ3) is 3.19. The standard InChI is InChI=1S/C24H28N4O3/c1-14-5-6-15(2)17(9-14)11-28-13-24-8-7-18(31-24)20(21(24)23(28)30)22(29)27(4)12-19-25-10-16(3)26-19/h5-10,18,20-21H,11-13H2,1-4H3,(H,25,26)/t18-,20?,21?,24-/m0/s1. The molecule has 1 aromatic carbocycles. The zero-order chi connectivity index (χ0) is 21.9. The Morgan fingerprint density at radius 3 is 2.90 bits per heavy atom. The van der Waals surface area contributed by atoms with Gasteiger partial charge in [0.15, 0.2) is 0 Å². The molecule has 2 saturated heterocycles. The van der Waals surface area contributed by atoms with E-state index in [4.69, 9.17) is 4.74 Å². The molecule has 4 heterocycles. The molecule has 2 aromatic rings. The fraction of sp³-hybridized carbons (Fsp3) is 0.458. The lowest BCUT2D eigenvalue weighted by Crippen LogP contribution is -2.44. The molecule has 2 unspecified atom stereocenters. The van der Waals surface area contributed by atoms with Crippen molar-refractivity contribution in [1.29, 1.82) is 0 Å². The van der Waals surface area contributed by atoms with Crippen LogP contribution in [0, 0.1) is 32.6 Å². The van der Waals surface area contributed by atoms with Gasteiger partial charge in [0, 0.05) is 25.5 Å². The molecular weight excluding hydrogens is 392 g/mol. The molecule has 0 aliphatic carbocycles. The Hall–Kier alpha value is -2.93. The number of ether oxygens (including phenoxy) is 1. The van der Waals surface area contributed by atoms with Crippen LogP contribution in [0.1, 0.15) is 28.2 Å². The molecule has 3 aliphatic heterocycles. The van der Waals surface area contributed by atoms with E-state index in [1.165, 1.54) is 5.56 Å². The largest absolute Gasteiger partial charge is 0.360 e. The fourth-order valence-corrected chi connectivity index (χ4v) is 5.27. The van der Waals surface area contributed by atoms with Crippen molar-refractivity contribution >= 4 is 11.8 Å². The number of likely N-dealkylation sites (tertiary alicyclic amines) is 1. The average molecular weight is 421 g/mol. The van der Waals surface area contributed by atoms with Gasteiger partial charge in [0.1, 0.15) is 11.4 Å². The Labute approximate surface area is 182 Å². The topological polar surface area (TPSA) is 78.5 Å². The number of hydrogen-bond acceptors (Lipinski definition) is 4. The lowest BCUT2D eigenvalue weighted by molar-refractivity contribution is -0.143. The van der Waals surface area contributed by atoms with E-state index in [1.807, 2.05) is 24.0 Å². The van der Waals surface area contributed by atoms with Gasteiger partial charge in [0.2, 0.25) is 11.8 Å². The number of rotatable bonds is 5. The first-order valence-corrected chi connectivity index (χ1v) is 10.7. The normalized spacial score (nSPS) is 28.5. The Kier molecular flexibility index (Phi) is 4.55. The number of nitrogens with one attached hydrogen (secondary N) is 1. The van der Waals surface area contributed by atoms with Crippen LogP contribution in [-0.4, -0.2) is 56.9 Å². The van der Waals surface area contributed by atoms with Crippen molar-refractivity contribution in [3.05, 3.63) is 64.8 Å². The van der Waals surface area contributed by atoms with Crippen LogP contribution in [0.5, 0.6) is 0 Å². The Morgan fingerprint density at radius 2 is 2.16 bits per heavy atom. The highest BCUT2D eigenvalue weighted by Gasteiger charge is 2.67. The van der Waals surface area contributed by atoms with E-state index in [-0.39, 0.29) is 17.9 Å². The third-order valence-corrected chi connectivity index (χ3v) is 6.85. The summed E-state index contributed by atoms with van der Waals surface area (Å²) in [4.78, 5) is 37.8. The van der Waals surface area contributed by atoms with Crippen LogP contribution in [0.25, 0.3) is 0 Å². The summed E-state index contributed by atoms with van der Waals surface area (Å²) in [7, 11) is 1.76. The lowest BCUT2D eigenvalue weighted by Gasteiger charge is -2.27. The number of hydrogen-bond donors (Lipinski definition) is 1. The molecule has 2 amide bonds. The van der Waals surface area contributed by atoms with Gasteiger partial charge in [0.25, 0.3) is 0 Å². The predicted molar refractivity (Wildman–Crippen MR) is 115 cm³/mol. The number of benzene rings is 1. The molecule has 2 bridgehead atoms. The molecule has 1 N–H and O–H groups in total. The summed E-state index contributed by atoms with van der Waals surface area (Å²) >= 11 is 0. The summed E-state index contributed by atoms with van der Waals surface area (Å²) in [6, 6.07) is 6.30. The second-order valence-corrected chi connectivity index (χ2v) is 9.23. The summed E-state index contributed by atoms with van der Waals surface area (Å²) in [5, 5.41) is 0. The molecule has 2 fully saturated rings. The third-order valence-electron chi connectivity index (χ3n) is 6.85. The van der Waals surface area contributed by atoms with Crippen molar-refractivity contribution < 1.29 is 14.3 Å². The molecule has 162 valence electrons. The van der Waals surface area contributed by atoms with Crippen LogP contribution < -0.4 is 0 Å². The number of aromatic amines is 1. The summed E-state index contributed by atoms with van der Waals surface area (Å²) in [6.45, 7) is 7.45. The van der Waals surface area contributed by atoms with E-state index < -0.39 is 17.4 Å². The van der Waals surface area contributed by atoms with Crippen molar-refractivity contribution in [2.24, 2.45) is 11.8 Å². The minimum absolute atomic E-state index is 0.00773. The maximum absolute atomic E-state index is 13.5. The van der Waals surface area contributed by atoms with Crippen LogP contribution in [0.4, 0.5) is 0 Å². The summed E-state index contributed by atoms with van der Waals surface area (Å²) < 4.78 is 6.27. The number of H-pyrrole nitrogens is 1. The number of imidazole rings is 1. The first-order chi connectivity index (χ1) is 14.8. The van der Waals surface area contributed by atoms with E-state index in [0.717, 1.165) is 22.6 Å². The summed E-state index contributed by atoms with van der Waals surface area (Å²) in [6.07, 6.45) is 5.37. The second kappa shape index (κ2) is 7.05. The molecule has 1 spiro atoms. The number of nitrogens with zero attached hydrogens (tertiary/aromatic N) is 3. The van der Waals surface area contributed by atoms with Gasteiger partial charge in [-0.05, 0) is 31.9 Å². The molecule has 1 aromatic heterocycles. The summed E-state index contributed by atoms with van der Waals surface area (Å²) in [5.74, 6) is -0.300. The van der Waals surface area contributed by atoms with Crippen molar-refractivity contribution in [3.8, 4) is 0 Å². The van der Waals surface area contributed by atoms with Gasteiger partial charge in [-0.1, -0.05) is 35.9 Å².